The van der Waals surface area contributed by atoms with E-state index in [0.717, 1.165) is 19.3 Å². The average molecular weight is 417 g/mol. The summed E-state index contributed by atoms with van der Waals surface area (Å²) in [6.07, 6.45) is 2.46. The standard InChI is InChI=1S/C28H32O3/c1-4-28(2,3)27(29)31-21-30-20-12-19-26-24(22-13-7-5-8-14-22)17-11-18-25(26)23-15-9-6-10-16-23/h5-11,13-18H,4,12,19-21H2,1-3H3. The van der Waals surface area contributed by atoms with Crippen LogP contribution in [0.25, 0.3) is 22.3 Å². The van der Waals surface area contributed by atoms with Crippen LogP contribution in [0, 0.1) is 5.41 Å². The van der Waals surface area contributed by atoms with Crippen LogP contribution in [-0.2, 0) is 20.7 Å². The molecule has 0 bridgehead atoms. The fraction of sp³-hybridized carbons (Fsp3) is 0.321. The summed E-state index contributed by atoms with van der Waals surface area (Å²) in [5.74, 6) is -0.212. The van der Waals surface area contributed by atoms with Crippen molar-refractivity contribution in [2.75, 3.05) is 13.4 Å². The lowest BCUT2D eigenvalue weighted by Crippen LogP contribution is -2.26. The van der Waals surface area contributed by atoms with Crippen LogP contribution in [0.15, 0.2) is 78.9 Å². The van der Waals surface area contributed by atoms with Crippen molar-refractivity contribution in [3.8, 4) is 22.3 Å². The third-order valence-corrected chi connectivity index (χ3v) is 5.77. The quantitative estimate of drug-likeness (QED) is 0.205. The molecule has 0 spiro atoms. The minimum Gasteiger partial charge on any atom is -0.438 e. The van der Waals surface area contributed by atoms with Crippen LogP contribution in [0.5, 0.6) is 0 Å². The summed E-state index contributed by atoms with van der Waals surface area (Å²) in [5, 5.41) is 0. The van der Waals surface area contributed by atoms with Crippen LogP contribution in [0.4, 0.5) is 0 Å². The van der Waals surface area contributed by atoms with Gasteiger partial charge in [-0.1, -0.05) is 85.8 Å². The Bertz CT molecular complexity index is 904. The fourth-order valence-electron chi connectivity index (χ4n) is 3.48. The Hall–Kier alpha value is -2.91. The maximum Gasteiger partial charge on any atom is 0.313 e. The number of hydrogen-bond acceptors (Lipinski definition) is 3. The van der Waals surface area contributed by atoms with Gasteiger partial charge in [0.05, 0.1) is 12.0 Å². The molecule has 162 valence electrons. The van der Waals surface area contributed by atoms with Crippen molar-refractivity contribution in [2.45, 2.75) is 40.0 Å². The summed E-state index contributed by atoms with van der Waals surface area (Å²) in [4.78, 5) is 12.1. The molecule has 3 nitrogen and oxygen atoms in total. The molecule has 3 aromatic rings. The molecule has 0 aliphatic carbocycles. The monoisotopic (exact) mass is 416 g/mol. The lowest BCUT2D eigenvalue weighted by atomic mass is 9.89. The van der Waals surface area contributed by atoms with E-state index in [2.05, 4.69) is 66.7 Å². The Balaban J connectivity index is 1.69. The Labute approximate surface area is 186 Å². The molecule has 0 saturated heterocycles. The van der Waals surface area contributed by atoms with Gasteiger partial charge in [-0.25, -0.2) is 0 Å². The Morgan fingerprint density at radius 3 is 1.87 bits per heavy atom. The van der Waals surface area contributed by atoms with E-state index in [1.165, 1.54) is 27.8 Å². The van der Waals surface area contributed by atoms with Crippen molar-refractivity contribution in [1.29, 1.82) is 0 Å². The number of hydrogen-bond donors (Lipinski definition) is 0. The number of benzene rings is 3. The zero-order valence-electron chi connectivity index (χ0n) is 18.8. The number of rotatable bonds is 10. The molecule has 0 N–H and O–H groups in total. The van der Waals surface area contributed by atoms with Gasteiger partial charge in [0.15, 0.2) is 6.79 Å². The molecule has 0 atom stereocenters. The summed E-state index contributed by atoms with van der Waals surface area (Å²) in [6.45, 7) is 6.31. The highest BCUT2D eigenvalue weighted by atomic mass is 16.7. The molecule has 0 aliphatic rings. The molecule has 3 heteroatoms. The minimum atomic E-state index is -0.470. The smallest absolute Gasteiger partial charge is 0.313 e. The third kappa shape index (κ3) is 6.05. The Morgan fingerprint density at radius 1 is 0.806 bits per heavy atom. The van der Waals surface area contributed by atoms with Gasteiger partial charge in [0, 0.05) is 0 Å². The topological polar surface area (TPSA) is 35.5 Å². The zero-order chi connectivity index (χ0) is 22.1. The molecule has 3 aromatic carbocycles. The van der Waals surface area contributed by atoms with Crippen LogP contribution in [-0.4, -0.2) is 19.4 Å². The van der Waals surface area contributed by atoms with E-state index in [0.29, 0.717) is 6.61 Å². The predicted octanol–water partition coefficient (Wildman–Crippen LogP) is 6.91. The highest BCUT2D eigenvalue weighted by Crippen LogP contribution is 2.33. The Morgan fingerprint density at radius 2 is 1.35 bits per heavy atom. The molecule has 0 radical (unpaired) electrons. The summed E-state index contributed by atoms with van der Waals surface area (Å²) in [6, 6.07) is 27.5. The van der Waals surface area contributed by atoms with Crippen LogP contribution >= 0.6 is 0 Å². The van der Waals surface area contributed by atoms with Crippen LogP contribution < -0.4 is 0 Å². The van der Waals surface area contributed by atoms with Crippen molar-refractivity contribution < 1.29 is 14.3 Å². The number of ether oxygens (including phenoxy) is 2. The van der Waals surface area contributed by atoms with Gasteiger partial charge in [0.1, 0.15) is 0 Å². The van der Waals surface area contributed by atoms with E-state index in [1.807, 2.05) is 32.9 Å². The first-order valence-electron chi connectivity index (χ1n) is 11.0. The minimum absolute atomic E-state index is 0.00807. The molecule has 0 aliphatic heterocycles. The summed E-state index contributed by atoms with van der Waals surface area (Å²) < 4.78 is 10.9. The molecule has 31 heavy (non-hydrogen) atoms. The van der Waals surface area contributed by atoms with Gasteiger partial charge in [-0.15, -0.1) is 0 Å². The lowest BCUT2D eigenvalue weighted by Gasteiger charge is -2.20. The maximum atomic E-state index is 12.1. The second-order valence-corrected chi connectivity index (χ2v) is 8.36. The molecule has 0 heterocycles. The van der Waals surface area contributed by atoms with Crippen molar-refractivity contribution in [2.24, 2.45) is 5.41 Å². The van der Waals surface area contributed by atoms with Crippen LogP contribution in [0.1, 0.15) is 39.2 Å². The number of carbonyl (C=O) groups excluding carboxylic acids is 1. The highest BCUT2D eigenvalue weighted by Gasteiger charge is 2.26. The van der Waals surface area contributed by atoms with Crippen molar-refractivity contribution in [3.05, 3.63) is 84.4 Å². The molecule has 0 saturated carbocycles. The first-order chi connectivity index (χ1) is 15.0. The van der Waals surface area contributed by atoms with Gasteiger partial charge in [-0.05, 0) is 60.9 Å². The Kier molecular flexibility index (Phi) is 8.02. The van der Waals surface area contributed by atoms with E-state index in [9.17, 15) is 4.79 Å². The molecule has 0 fully saturated rings. The third-order valence-electron chi connectivity index (χ3n) is 5.77. The molecular weight excluding hydrogens is 384 g/mol. The summed E-state index contributed by atoms with van der Waals surface area (Å²) >= 11 is 0. The summed E-state index contributed by atoms with van der Waals surface area (Å²) in [7, 11) is 0. The highest BCUT2D eigenvalue weighted by molar-refractivity contribution is 5.78. The van der Waals surface area contributed by atoms with Gasteiger partial charge in [-0.3, -0.25) is 4.79 Å². The predicted molar refractivity (Wildman–Crippen MR) is 127 cm³/mol. The van der Waals surface area contributed by atoms with Crippen LogP contribution in [0.3, 0.4) is 0 Å². The van der Waals surface area contributed by atoms with E-state index in [4.69, 9.17) is 9.47 Å². The molecule has 0 amide bonds. The second-order valence-electron chi connectivity index (χ2n) is 8.36. The SMILES string of the molecule is CCC(C)(C)C(=O)OCOCCCc1c(-c2ccccc2)cccc1-c1ccccc1. The fourth-order valence-corrected chi connectivity index (χ4v) is 3.48. The first kappa shape index (κ1) is 22.8. The normalized spacial score (nSPS) is 11.3. The van der Waals surface area contributed by atoms with Crippen molar-refractivity contribution in [1.82, 2.24) is 0 Å². The van der Waals surface area contributed by atoms with Gasteiger partial charge < -0.3 is 9.47 Å². The molecule has 0 aromatic heterocycles. The van der Waals surface area contributed by atoms with Crippen molar-refractivity contribution in [3.63, 3.8) is 0 Å². The largest absolute Gasteiger partial charge is 0.438 e. The van der Waals surface area contributed by atoms with Gasteiger partial charge in [0.25, 0.3) is 0 Å². The molecule has 0 unspecified atom stereocenters. The van der Waals surface area contributed by atoms with E-state index < -0.39 is 5.41 Å². The van der Waals surface area contributed by atoms with Gasteiger partial charge >= 0.3 is 5.97 Å². The maximum absolute atomic E-state index is 12.1. The van der Waals surface area contributed by atoms with Gasteiger partial charge in [-0.2, -0.15) is 0 Å². The van der Waals surface area contributed by atoms with E-state index in [-0.39, 0.29) is 12.8 Å². The number of esters is 1. The van der Waals surface area contributed by atoms with E-state index in [1.54, 1.807) is 0 Å². The average Bonchev–Trinajstić information content (AvgIpc) is 2.82. The first-order valence-corrected chi connectivity index (χ1v) is 11.0. The van der Waals surface area contributed by atoms with E-state index >= 15 is 0 Å². The van der Waals surface area contributed by atoms with Crippen LogP contribution in [0.2, 0.25) is 0 Å². The zero-order valence-corrected chi connectivity index (χ0v) is 18.8. The lowest BCUT2D eigenvalue weighted by molar-refractivity contribution is -0.166. The van der Waals surface area contributed by atoms with Gasteiger partial charge in [0.2, 0.25) is 0 Å². The van der Waals surface area contributed by atoms with Crippen molar-refractivity contribution >= 4 is 5.97 Å². The summed E-state index contributed by atoms with van der Waals surface area (Å²) in [5.41, 5.74) is 5.77. The molecular formula is C28H32O3. The second kappa shape index (κ2) is 10.9. The number of carbonyl (C=O) groups is 1. The molecule has 3 rings (SSSR count).